The standard InChI is InChI=1S/C27H30N2O8/c1-4-36-22-11-6-18(16-23(22)37-5-2)14-15-28(24(30)12-13-26(32)33)21-17-25(31)29(27(21)34)19-7-9-20(35-3)10-8-19/h6-13,16,21H,4-5,14-15,17H2,1-3H3,(H,32,33)/b13-12+/t21-/m0/s1. The third-order valence-electron chi connectivity index (χ3n) is 5.73. The number of carboxylic acid groups (broad SMARTS) is 1. The molecule has 2 aromatic rings. The average Bonchev–Trinajstić information content (AvgIpc) is 3.18. The highest BCUT2D eigenvalue weighted by Gasteiger charge is 2.44. The quantitative estimate of drug-likeness (QED) is 0.342. The van der Waals surface area contributed by atoms with Crippen molar-refractivity contribution in [2.45, 2.75) is 32.7 Å². The number of amides is 3. The lowest BCUT2D eigenvalue weighted by atomic mass is 10.1. The Hall–Kier alpha value is -4.34. The first-order chi connectivity index (χ1) is 17.8. The van der Waals surface area contributed by atoms with Crippen molar-refractivity contribution in [1.82, 2.24) is 4.90 Å². The Balaban J connectivity index is 1.85. The highest BCUT2D eigenvalue weighted by Crippen LogP contribution is 2.30. The fourth-order valence-electron chi connectivity index (χ4n) is 4.02. The maximum Gasteiger partial charge on any atom is 0.328 e. The van der Waals surface area contributed by atoms with Crippen LogP contribution in [0.4, 0.5) is 5.69 Å². The van der Waals surface area contributed by atoms with Gasteiger partial charge in [-0.15, -0.1) is 0 Å². The number of hydrogen-bond donors (Lipinski definition) is 1. The molecule has 0 aromatic heterocycles. The fourth-order valence-corrected chi connectivity index (χ4v) is 4.02. The smallest absolute Gasteiger partial charge is 0.328 e. The number of imide groups is 1. The monoisotopic (exact) mass is 510 g/mol. The maximum atomic E-state index is 13.3. The van der Waals surface area contributed by atoms with Crippen LogP contribution < -0.4 is 19.1 Å². The molecule has 1 aliphatic rings. The summed E-state index contributed by atoms with van der Waals surface area (Å²) in [5, 5.41) is 8.97. The number of hydrogen-bond acceptors (Lipinski definition) is 7. The van der Waals surface area contributed by atoms with Crippen LogP contribution in [-0.4, -0.2) is 66.6 Å². The SMILES string of the molecule is CCOc1ccc(CCN(C(=O)/C=C/C(=O)O)[C@H]2CC(=O)N(c3ccc(OC)cc3)C2=O)cc1OCC. The molecule has 1 N–H and O–H groups in total. The van der Waals surface area contributed by atoms with Crippen LogP contribution in [0.5, 0.6) is 17.2 Å². The van der Waals surface area contributed by atoms with Crippen molar-refractivity contribution in [2.24, 2.45) is 0 Å². The van der Waals surface area contributed by atoms with Crippen LogP contribution in [0.1, 0.15) is 25.8 Å². The summed E-state index contributed by atoms with van der Waals surface area (Å²) in [5.41, 5.74) is 1.18. The molecule has 3 rings (SSSR count). The van der Waals surface area contributed by atoms with Crippen molar-refractivity contribution in [1.29, 1.82) is 0 Å². The van der Waals surface area contributed by atoms with Crippen LogP contribution in [0, 0.1) is 0 Å². The van der Waals surface area contributed by atoms with E-state index in [4.69, 9.17) is 19.3 Å². The van der Waals surface area contributed by atoms with E-state index in [-0.39, 0.29) is 13.0 Å². The normalized spacial score (nSPS) is 15.2. The molecule has 1 aliphatic heterocycles. The number of aliphatic carboxylic acids is 1. The minimum Gasteiger partial charge on any atom is -0.497 e. The van der Waals surface area contributed by atoms with E-state index in [1.807, 2.05) is 19.9 Å². The van der Waals surface area contributed by atoms with E-state index >= 15 is 0 Å². The molecule has 0 bridgehead atoms. The van der Waals surface area contributed by atoms with Gasteiger partial charge in [0.05, 0.1) is 32.4 Å². The second-order valence-electron chi connectivity index (χ2n) is 8.09. The lowest BCUT2D eigenvalue weighted by Crippen LogP contribution is -2.46. The lowest BCUT2D eigenvalue weighted by Gasteiger charge is -2.27. The van der Waals surface area contributed by atoms with Crippen LogP contribution >= 0.6 is 0 Å². The summed E-state index contributed by atoms with van der Waals surface area (Å²) in [4.78, 5) is 52.4. The number of anilines is 1. The van der Waals surface area contributed by atoms with E-state index in [1.165, 1.54) is 12.0 Å². The molecule has 1 fully saturated rings. The first-order valence-corrected chi connectivity index (χ1v) is 11.9. The Morgan fingerprint density at radius 2 is 1.70 bits per heavy atom. The highest BCUT2D eigenvalue weighted by atomic mass is 16.5. The number of ether oxygens (including phenoxy) is 3. The van der Waals surface area contributed by atoms with Gasteiger partial charge in [-0.1, -0.05) is 6.07 Å². The average molecular weight is 511 g/mol. The fraction of sp³-hybridized carbons (Fsp3) is 0.333. The highest BCUT2D eigenvalue weighted by molar-refractivity contribution is 6.23. The van der Waals surface area contributed by atoms with Gasteiger partial charge in [-0.25, -0.2) is 9.69 Å². The van der Waals surface area contributed by atoms with Gasteiger partial charge in [0, 0.05) is 18.7 Å². The van der Waals surface area contributed by atoms with E-state index < -0.39 is 29.7 Å². The van der Waals surface area contributed by atoms with Gasteiger partial charge in [0.1, 0.15) is 11.8 Å². The van der Waals surface area contributed by atoms with E-state index in [1.54, 1.807) is 36.4 Å². The van der Waals surface area contributed by atoms with Gasteiger partial charge < -0.3 is 24.2 Å². The summed E-state index contributed by atoms with van der Waals surface area (Å²) >= 11 is 0. The molecular formula is C27H30N2O8. The van der Waals surface area contributed by atoms with Crippen molar-refractivity contribution in [3.05, 3.63) is 60.2 Å². The Morgan fingerprint density at radius 3 is 2.32 bits per heavy atom. The number of nitrogens with zero attached hydrogens (tertiary/aromatic N) is 2. The molecule has 0 unspecified atom stereocenters. The zero-order valence-electron chi connectivity index (χ0n) is 21.0. The molecule has 37 heavy (non-hydrogen) atoms. The van der Waals surface area contributed by atoms with Crippen LogP contribution in [0.15, 0.2) is 54.6 Å². The molecule has 1 atom stereocenters. The summed E-state index contributed by atoms with van der Waals surface area (Å²) in [5.74, 6) is -1.28. The van der Waals surface area contributed by atoms with Gasteiger partial charge in [-0.3, -0.25) is 14.4 Å². The number of carbonyl (C=O) groups excluding carboxylic acids is 3. The predicted molar refractivity (Wildman–Crippen MR) is 135 cm³/mol. The van der Waals surface area contributed by atoms with Gasteiger partial charge in [-0.2, -0.15) is 0 Å². The van der Waals surface area contributed by atoms with Crippen molar-refractivity contribution >= 4 is 29.4 Å². The number of carbonyl (C=O) groups is 4. The third-order valence-corrected chi connectivity index (χ3v) is 5.73. The molecule has 0 spiro atoms. The Labute approximate surface area is 215 Å². The lowest BCUT2D eigenvalue weighted by molar-refractivity contribution is -0.135. The topological polar surface area (TPSA) is 123 Å². The van der Waals surface area contributed by atoms with E-state index in [0.717, 1.165) is 16.5 Å². The number of methoxy groups -OCH3 is 1. The maximum absolute atomic E-state index is 13.3. The molecule has 0 radical (unpaired) electrons. The van der Waals surface area contributed by atoms with E-state index in [9.17, 15) is 19.2 Å². The van der Waals surface area contributed by atoms with E-state index in [2.05, 4.69) is 0 Å². The zero-order chi connectivity index (χ0) is 26.9. The van der Waals surface area contributed by atoms with Gasteiger partial charge >= 0.3 is 5.97 Å². The molecule has 1 heterocycles. The van der Waals surface area contributed by atoms with Crippen molar-refractivity contribution in [3.63, 3.8) is 0 Å². The molecule has 2 aromatic carbocycles. The molecule has 3 amide bonds. The van der Waals surface area contributed by atoms with Crippen LogP contribution in [0.2, 0.25) is 0 Å². The number of rotatable bonds is 12. The molecule has 1 saturated heterocycles. The number of benzene rings is 2. The molecule has 196 valence electrons. The number of carboxylic acids is 1. The Bertz CT molecular complexity index is 1180. The van der Waals surface area contributed by atoms with Gasteiger partial charge in [0.15, 0.2) is 11.5 Å². The second-order valence-corrected chi connectivity index (χ2v) is 8.09. The minimum atomic E-state index is -1.30. The Morgan fingerprint density at radius 1 is 1.03 bits per heavy atom. The van der Waals surface area contributed by atoms with Gasteiger partial charge in [-0.05, 0) is 62.2 Å². The van der Waals surface area contributed by atoms with Gasteiger partial charge in [0.2, 0.25) is 11.8 Å². The largest absolute Gasteiger partial charge is 0.497 e. The molecular weight excluding hydrogens is 480 g/mol. The molecule has 0 aliphatic carbocycles. The summed E-state index contributed by atoms with van der Waals surface area (Å²) in [6.07, 6.45) is 1.71. The van der Waals surface area contributed by atoms with Crippen molar-refractivity contribution in [3.8, 4) is 17.2 Å². The summed E-state index contributed by atoms with van der Waals surface area (Å²) in [6, 6.07) is 10.8. The van der Waals surface area contributed by atoms with Gasteiger partial charge in [0.25, 0.3) is 5.91 Å². The molecule has 10 heteroatoms. The summed E-state index contributed by atoms with van der Waals surface area (Å²) in [7, 11) is 1.51. The summed E-state index contributed by atoms with van der Waals surface area (Å²) in [6.45, 7) is 4.71. The molecule has 10 nitrogen and oxygen atoms in total. The third kappa shape index (κ3) is 6.66. The zero-order valence-corrected chi connectivity index (χ0v) is 21.0. The first-order valence-electron chi connectivity index (χ1n) is 11.9. The predicted octanol–water partition coefficient (Wildman–Crippen LogP) is 2.84. The molecule has 0 saturated carbocycles. The van der Waals surface area contributed by atoms with Crippen LogP contribution in [-0.2, 0) is 25.6 Å². The van der Waals surface area contributed by atoms with E-state index in [0.29, 0.717) is 48.6 Å². The minimum absolute atomic E-state index is 0.0719. The van der Waals surface area contributed by atoms with Crippen molar-refractivity contribution in [2.75, 3.05) is 31.8 Å². The van der Waals surface area contributed by atoms with Crippen molar-refractivity contribution < 1.29 is 38.5 Å². The second kappa shape index (κ2) is 12.6. The summed E-state index contributed by atoms with van der Waals surface area (Å²) < 4.78 is 16.4. The van der Waals surface area contributed by atoms with Crippen LogP contribution in [0.3, 0.4) is 0 Å². The first kappa shape index (κ1) is 27.3. The van der Waals surface area contributed by atoms with Crippen LogP contribution in [0.25, 0.3) is 0 Å². The Kier molecular flexibility index (Phi) is 9.26.